The minimum atomic E-state index is -0.241. The van der Waals surface area contributed by atoms with Crippen molar-refractivity contribution < 1.29 is 18.7 Å². The zero-order chi connectivity index (χ0) is 21.1. The van der Waals surface area contributed by atoms with Crippen molar-refractivity contribution in [2.75, 3.05) is 44.2 Å². The molecule has 1 aromatic carbocycles. The van der Waals surface area contributed by atoms with Crippen LogP contribution >= 0.6 is 0 Å². The number of anilines is 1. The number of benzene rings is 1. The second-order valence-corrected chi connectivity index (χ2v) is 8.44. The van der Waals surface area contributed by atoms with Crippen molar-refractivity contribution in [1.29, 1.82) is 0 Å². The molecule has 0 radical (unpaired) electrons. The molecule has 0 unspecified atom stereocenters. The Kier molecular flexibility index (Phi) is 6.37. The van der Waals surface area contributed by atoms with E-state index in [2.05, 4.69) is 9.80 Å². The Bertz CT molecular complexity index is 827. The lowest BCUT2D eigenvalue weighted by molar-refractivity contribution is -0.137. The maximum atomic E-state index is 13.9. The molecule has 0 spiro atoms. The molecule has 162 valence electrons. The fourth-order valence-corrected chi connectivity index (χ4v) is 4.54. The van der Waals surface area contributed by atoms with E-state index in [1.54, 1.807) is 19.1 Å². The quantitative estimate of drug-likeness (QED) is 0.641. The molecular formula is C23H30FN3O3. The SMILES string of the molecule is CC1=CC(=O)N(CCCN2CCN(c3cc(F)ccc3OC3CCCC3)CC2)C1=O. The zero-order valence-corrected chi connectivity index (χ0v) is 17.6. The summed E-state index contributed by atoms with van der Waals surface area (Å²) in [5.74, 6) is 0.162. The Labute approximate surface area is 177 Å². The van der Waals surface area contributed by atoms with Gasteiger partial charge in [0.25, 0.3) is 11.8 Å². The van der Waals surface area contributed by atoms with E-state index in [1.807, 2.05) is 0 Å². The van der Waals surface area contributed by atoms with E-state index in [0.29, 0.717) is 12.1 Å². The average Bonchev–Trinajstić information content (AvgIpc) is 3.33. The Morgan fingerprint density at radius 3 is 2.47 bits per heavy atom. The number of halogens is 1. The van der Waals surface area contributed by atoms with Crippen molar-refractivity contribution in [3.63, 3.8) is 0 Å². The lowest BCUT2D eigenvalue weighted by atomic mass is 10.2. The number of piperazine rings is 1. The van der Waals surface area contributed by atoms with Gasteiger partial charge >= 0.3 is 0 Å². The molecule has 0 N–H and O–H groups in total. The highest BCUT2D eigenvalue weighted by molar-refractivity contribution is 6.15. The number of nitrogens with zero attached hydrogens (tertiary/aromatic N) is 3. The number of amides is 2. The highest BCUT2D eigenvalue weighted by Gasteiger charge is 2.28. The van der Waals surface area contributed by atoms with E-state index < -0.39 is 0 Å². The fraction of sp³-hybridized carbons (Fsp3) is 0.565. The summed E-state index contributed by atoms with van der Waals surface area (Å²) >= 11 is 0. The molecule has 7 heteroatoms. The first kappa shape index (κ1) is 20.8. The van der Waals surface area contributed by atoms with Crippen LogP contribution in [0, 0.1) is 5.82 Å². The van der Waals surface area contributed by atoms with Crippen LogP contribution in [0.1, 0.15) is 39.0 Å². The maximum Gasteiger partial charge on any atom is 0.256 e. The molecule has 6 nitrogen and oxygen atoms in total. The number of carbonyl (C=O) groups is 2. The molecule has 2 fully saturated rings. The van der Waals surface area contributed by atoms with Crippen LogP contribution in [0.4, 0.5) is 10.1 Å². The van der Waals surface area contributed by atoms with E-state index in [0.717, 1.165) is 63.4 Å². The molecule has 0 bridgehead atoms. The van der Waals surface area contributed by atoms with Crippen molar-refractivity contribution in [2.24, 2.45) is 0 Å². The molecule has 1 aliphatic carbocycles. The van der Waals surface area contributed by atoms with E-state index >= 15 is 0 Å². The molecule has 2 heterocycles. The third-order valence-electron chi connectivity index (χ3n) is 6.27. The number of ether oxygens (including phenoxy) is 1. The lowest BCUT2D eigenvalue weighted by Crippen LogP contribution is -2.47. The number of hydrogen-bond acceptors (Lipinski definition) is 5. The normalized spacial score (nSPS) is 20.9. The Hall–Kier alpha value is -2.41. The first-order valence-corrected chi connectivity index (χ1v) is 11.0. The van der Waals surface area contributed by atoms with Gasteiger partial charge < -0.3 is 9.64 Å². The van der Waals surface area contributed by atoms with Crippen LogP contribution in [-0.2, 0) is 9.59 Å². The second kappa shape index (κ2) is 9.16. The van der Waals surface area contributed by atoms with Crippen molar-refractivity contribution >= 4 is 17.5 Å². The summed E-state index contributed by atoms with van der Waals surface area (Å²) in [5.41, 5.74) is 1.36. The highest BCUT2D eigenvalue weighted by Crippen LogP contribution is 2.33. The van der Waals surface area contributed by atoms with Crippen LogP contribution in [0.5, 0.6) is 5.75 Å². The van der Waals surface area contributed by atoms with Crippen molar-refractivity contribution in [3.05, 3.63) is 35.7 Å². The summed E-state index contributed by atoms with van der Waals surface area (Å²) in [5, 5.41) is 0. The average molecular weight is 416 g/mol. The molecular weight excluding hydrogens is 385 g/mol. The minimum absolute atomic E-state index is 0.175. The van der Waals surface area contributed by atoms with Crippen LogP contribution in [-0.4, -0.2) is 67.0 Å². The molecule has 1 saturated carbocycles. The molecule has 1 aromatic rings. The Morgan fingerprint density at radius 1 is 1.07 bits per heavy atom. The van der Waals surface area contributed by atoms with Gasteiger partial charge in [0, 0.05) is 50.4 Å². The summed E-state index contributed by atoms with van der Waals surface area (Å²) in [6, 6.07) is 4.82. The molecule has 0 aromatic heterocycles. The van der Waals surface area contributed by atoms with Gasteiger partial charge in [0.2, 0.25) is 0 Å². The van der Waals surface area contributed by atoms with Crippen molar-refractivity contribution in [1.82, 2.24) is 9.80 Å². The molecule has 2 amide bonds. The van der Waals surface area contributed by atoms with Crippen molar-refractivity contribution in [2.45, 2.75) is 45.1 Å². The molecule has 30 heavy (non-hydrogen) atoms. The predicted octanol–water partition coefficient (Wildman–Crippen LogP) is 2.97. The Balaban J connectivity index is 1.28. The van der Waals surface area contributed by atoms with E-state index in [4.69, 9.17) is 4.74 Å². The highest BCUT2D eigenvalue weighted by atomic mass is 19.1. The fourth-order valence-electron chi connectivity index (χ4n) is 4.54. The summed E-state index contributed by atoms with van der Waals surface area (Å²) in [6.07, 6.45) is 6.95. The predicted molar refractivity (Wildman–Crippen MR) is 113 cm³/mol. The second-order valence-electron chi connectivity index (χ2n) is 8.44. The number of carbonyl (C=O) groups excluding carboxylic acids is 2. The van der Waals surface area contributed by atoms with Crippen LogP contribution in [0.2, 0.25) is 0 Å². The summed E-state index contributed by atoms with van der Waals surface area (Å²) < 4.78 is 20.1. The van der Waals surface area contributed by atoms with E-state index in [1.165, 1.54) is 29.9 Å². The summed E-state index contributed by atoms with van der Waals surface area (Å²) in [4.78, 5) is 29.6. The van der Waals surface area contributed by atoms with Crippen LogP contribution in [0.3, 0.4) is 0 Å². The molecule has 0 atom stereocenters. The largest absolute Gasteiger partial charge is 0.488 e. The van der Waals surface area contributed by atoms with Gasteiger partial charge in [-0.15, -0.1) is 0 Å². The Morgan fingerprint density at radius 2 is 1.80 bits per heavy atom. The smallest absolute Gasteiger partial charge is 0.256 e. The number of imide groups is 1. The number of hydrogen-bond donors (Lipinski definition) is 0. The zero-order valence-electron chi connectivity index (χ0n) is 17.6. The van der Waals surface area contributed by atoms with E-state index in [-0.39, 0.29) is 23.7 Å². The molecule has 1 saturated heterocycles. The molecule has 3 aliphatic rings. The topological polar surface area (TPSA) is 53.1 Å². The number of rotatable bonds is 7. The van der Waals surface area contributed by atoms with Gasteiger partial charge in [0.15, 0.2) is 0 Å². The van der Waals surface area contributed by atoms with Gasteiger partial charge in [-0.3, -0.25) is 19.4 Å². The third-order valence-corrected chi connectivity index (χ3v) is 6.27. The lowest BCUT2D eigenvalue weighted by Gasteiger charge is -2.37. The van der Waals surface area contributed by atoms with Gasteiger partial charge in [0.05, 0.1) is 11.8 Å². The third kappa shape index (κ3) is 4.67. The monoisotopic (exact) mass is 415 g/mol. The van der Waals surface area contributed by atoms with E-state index in [9.17, 15) is 14.0 Å². The maximum absolute atomic E-state index is 13.9. The van der Waals surface area contributed by atoms with Crippen LogP contribution in [0.25, 0.3) is 0 Å². The van der Waals surface area contributed by atoms with Gasteiger partial charge in [-0.1, -0.05) is 0 Å². The van der Waals surface area contributed by atoms with Crippen LogP contribution in [0.15, 0.2) is 29.8 Å². The standard InChI is InChI=1S/C23H30FN3O3/c1-17-15-22(28)27(23(17)29)10-4-9-25-11-13-26(14-12-25)20-16-18(24)7-8-21(20)30-19-5-2-3-6-19/h7-8,15-16,19H,2-6,9-14H2,1H3. The van der Waals surface area contributed by atoms with Gasteiger partial charge in [-0.2, -0.15) is 0 Å². The minimum Gasteiger partial charge on any atom is -0.488 e. The van der Waals surface area contributed by atoms with Gasteiger partial charge in [-0.25, -0.2) is 4.39 Å². The summed E-state index contributed by atoms with van der Waals surface area (Å²) in [6.45, 7) is 6.28. The summed E-state index contributed by atoms with van der Waals surface area (Å²) in [7, 11) is 0. The molecule has 4 rings (SSSR count). The first-order chi connectivity index (χ1) is 14.5. The van der Waals surface area contributed by atoms with Gasteiger partial charge in [-0.05, 0) is 57.7 Å². The van der Waals surface area contributed by atoms with Crippen molar-refractivity contribution in [3.8, 4) is 5.75 Å². The van der Waals surface area contributed by atoms with Crippen LogP contribution < -0.4 is 9.64 Å². The first-order valence-electron chi connectivity index (χ1n) is 11.0. The molecule has 2 aliphatic heterocycles. The van der Waals surface area contributed by atoms with Gasteiger partial charge in [0.1, 0.15) is 11.6 Å².